The topological polar surface area (TPSA) is 65.5 Å². The standard InChI is InChI=1S/C14H21N3O2/c1-10(18)11-4-5-12(16-8-11)17-7-6-14(2,9-17)13(19)15-3/h4-5,8,10,18H,6-7,9H2,1-3H3,(H,15,19)/t10-,14?/m0/s1. The number of anilines is 1. The van der Waals surface area contributed by atoms with Crippen molar-refractivity contribution in [1.82, 2.24) is 10.3 Å². The molecule has 19 heavy (non-hydrogen) atoms. The molecule has 104 valence electrons. The van der Waals surface area contributed by atoms with Crippen molar-refractivity contribution < 1.29 is 9.90 Å². The van der Waals surface area contributed by atoms with E-state index < -0.39 is 6.10 Å². The van der Waals surface area contributed by atoms with Crippen molar-refractivity contribution in [3.8, 4) is 0 Å². The second-order valence-electron chi connectivity index (χ2n) is 5.44. The van der Waals surface area contributed by atoms with Crippen LogP contribution in [-0.4, -0.2) is 36.1 Å². The van der Waals surface area contributed by atoms with Gasteiger partial charge in [0.1, 0.15) is 5.82 Å². The Labute approximate surface area is 113 Å². The molecule has 0 aromatic carbocycles. The number of carbonyl (C=O) groups excluding carboxylic acids is 1. The smallest absolute Gasteiger partial charge is 0.227 e. The predicted octanol–water partition coefficient (Wildman–Crippen LogP) is 1.10. The molecule has 0 radical (unpaired) electrons. The molecule has 2 rings (SSSR count). The van der Waals surface area contributed by atoms with Crippen LogP contribution in [0.25, 0.3) is 0 Å². The number of nitrogens with one attached hydrogen (secondary N) is 1. The Kier molecular flexibility index (Phi) is 3.75. The number of amides is 1. The average molecular weight is 263 g/mol. The minimum atomic E-state index is -0.503. The number of carbonyl (C=O) groups is 1. The number of hydrogen-bond donors (Lipinski definition) is 2. The van der Waals surface area contributed by atoms with Gasteiger partial charge in [-0.15, -0.1) is 0 Å². The summed E-state index contributed by atoms with van der Waals surface area (Å²) < 4.78 is 0. The van der Waals surface area contributed by atoms with E-state index in [1.165, 1.54) is 0 Å². The fourth-order valence-corrected chi connectivity index (χ4v) is 2.48. The van der Waals surface area contributed by atoms with Gasteiger partial charge in [-0.1, -0.05) is 6.07 Å². The van der Waals surface area contributed by atoms with E-state index >= 15 is 0 Å². The fraction of sp³-hybridized carbons (Fsp3) is 0.571. The second kappa shape index (κ2) is 5.17. The summed E-state index contributed by atoms with van der Waals surface area (Å²) in [5.74, 6) is 0.938. The van der Waals surface area contributed by atoms with E-state index in [1.54, 1.807) is 20.2 Å². The van der Waals surface area contributed by atoms with E-state index in [4.69, 9.17) is 0 Å². The molecule has 1 amide bonds. The Bertz CT molecular complexity index is 458. The van der Waals surface area contributed by atoms with Crippen LogP contribution in [0.2, 0.25) is 0 Å². The molecule has 0 spiro atoms. The lowest BCUT2D eigenvalue weighted by molar-refractivity contribution is -0.128. The molecule has 1 aliphatic rings. The van der Waals surface area contributed by atoms with Gasteiger partial charge >= 0.3 is 0 Å². The first kappa shape index (κ1) is 13.8. The van der Waals surface area contributed by atoms with Crippen molar-refractivity contribution in [2.45, 2.75) is 26.4 Å². The summed E-state index contributed by atoms with van der Waals surface area (Å²) >= 11 is 0. The Balaban J connectivity index is 2.10. The van der Waals surface area contributed by atoms with Crippen LogP contribution >= 0.6 is 0 Å². The average Bonchev–Trinajstić information content (AvgIpc) is 2.82. The van der Waals surface area contributed by atoms with Gasteiger partial charge in [-0.3, -0.25) is 4.79 Å². The van der Waals surface area contributed by atoms with Gasteiger partial charge in [0.2, 0.25) is 5.91 Å². The maximum Gasteiger partial charge on any atom is 0.227 e. The zero-order chi connectivity index (χ0) is 14.0. The number of aliphatic hydroxyl groups is 1. The van der Waals surface area contributed by atoms with Gasteiger partial charge in [0.25, 0.3) is 0 Å². The first-order valence-corrected chi connectivity index (χ1v) is 6.57. The number of rotatable bonds is 3. The van der Waals surface area contributed by atoms with Crippen molar-refractivity contribution in [3.63, 3.8) is 0 Å². The van der Waals surface area contributed by atoms with Gasteiger partial charge in [0.15, 0.2) is 0 Å². The van der Waals surface area contributed by atoms with Crippen LogP contribution in [-0.2, 0) is 4.79 Å². The van der Waals surface area contributed by atoms with Gasteiger partial charge in [-0.2, -0.15) is 0 Å². The predicted molar refractivity (Wildman–Crippen MR) is 73.9 cm³/mol. The lowest BCUT2D eigenvalue weighted by Gasteiger charge is -2.23. The normalized spacial score (nSPS) is 24.3. The number of aliphatic hydroxyl groups excluding tert-OH is 1. The zero-order valence-corrected chi connectivity index (χ0v) is 11.7. The number of hydrogen-bond acceptors (Lipinski definition) is 4. The van der Waals surface area contributed by atoms with Crippen LogP contribution < -0.4 is 10.2 Å². The van der Waals surface area contributed by atoms with E-state index in [1.807, 2.05) is 19.1 Å². The highest BCUT2D eigenvalue weighted by Gasteiger charge is 2.40. The molecular formula is C14H21N3O2. The summed E-state index contributed by atoms with van der Waals surface area (Å²) in [4.78, 5) is 18.3. The quantitative estimate of drug-likeness (QED) is 0.857. The lowest BCUT2D eigenvalue weighted by Crippen LogP contribution is -2.39. The molecule has 1 unspecified atom stereocenters. The van der Waals surface area contributed by atoms with Gasteiger partial charge in [0.05, 0.1) is 11.5 Å². The third-order valence-electron chi connectivity index (χ3n) is 3.83. The number of pyridine rings is 1. The molecule has 1 aliphatic heterocycles. The zero-order valence-electron chi connectivity index (χ0n) is 11.7. The van der Waals surface area contributed by atoms with E-state index in [-0.39, 0.29) is 11.3 Å². The summed E-state index contributed by atoms with van der Waals surface area (Å²) in [6, 6.07) is 3.78. The Morgan fingerprint density at radius 1 is 1.58 bits per heavy atom. The van der Waals surface area contributed by atoms with Crippen LogP contribution in [0.15, 0.2) is 18.3 Å². The Morgan fingerprint density at radius 2 is 2.32 bits per heavy atom. The third kappa shape index (κ3) is 2.71. The van der Waals surface area contributed by atoms with E-state index in [0.717, 1.165) is 24.3 Å². The van der Waals surface area contributed by atoms with Gasteiger partial charge < -0.3 is 15.3 Å². The van der Waals surface area contributed by atoms with Crippen LogP contribution in [0.1, 0.15) is 31.9 Å². The maximum absolute atomic E-state index is 11.9. The molecule has 1 aromatic heterocycles. The molecule has 5 nitrogen and oxygen atoms in total. The van der Waals surface area contributed by atoms with Crippen molar-refractivity contribution in [3.05, 3.63) is 23.9 Å². The summed E-state index contributed by atoms with van der Waals surface area (Å²) in [7, 11) is 1.67. The highest BCUT2D eigenvalue weighted by Crippen LogP contribution is 2.32. The van der Waals surface area contributed by atoms with Crippen LogP contribution in [0.3, 0.4) is 0 Å². The largest absolute Gasteiger partial charge is 0.389 e. The van der Waals surface area contributed by atoms with Gasteiger partial charge in [-0.05, 0) is 31.9 Å². The first-order valence-electron chi connectivity index (χ1n) is 6.57. The Morgan fingerprint density at radius 3 is 2.84 bits per heavy atom. The molecule has 2 heterocycles. The van der Waals surface area contributed by atoms with E-state index in [2.05, 4.69) is 15.2 Å². The third-order valence-corrected chi connectivity index (χ3v) is 3.83. The van der Waals surface area contributed by atoms with Crippen molar-refractivity contribution in [1.29, 1.82) is 0 Å². The SMILES string of the molecule is CNC(=O)C1(C)CCN(c2ccc([C@H](C)O)cn2)C1. The fourth-order valence-electron chi connectivity index (χ4n) is 2.48. The molecule has 0 aliphatic carbocycles. The molecule has 1 aromatic rings. The van der Waals surface area contributed by atoms with E-state index in [9.17, 15) is 9.90 Å². The van der Waals surface area contributed by atoms with Crippen LogP contribution in [0.4, 0.5) is 5.82 Å². The summed E-state index contributed by atoms with van der Waals surface area (Å²) in [5.41, 5.74) is 0.455. The van der Waals surface area contributed by atoms with Crippen LogP contribution in [0.5, 0.6) is 0 Å². The first-order chi connectivity index (χ1) is 8.96. The highest BCUT2D eigenvalue weighted by atomic mass is 16.3. The molecule has 1 fully saturated rings. The van der Waals surface area contributed by atoms with E-state index in [0.29, 0.717) is 6.54 Å². The molecule has 0 bridgehead atoms. The molecule has 2 atom stereocenters. The van der Waals surface area contributed by atoms with Crippen molar-refractivity contribution in [2.75, 3.05) is 25.0 Å². The monoisotopic (exact) mass is 263 g/mol. The summed E-state index contributed by atoms with van der Waals surface area (Å²) in [5, 5.41) is 12.2. The minimum absolute atomic E-state index is 0.0793. The Hall–Kier alpha value is -1.62. The highest BCUT2D eigenvalue weighted by molar-refractivity contribution is 5.83. The summed E-state index contributed by atoms with van der Waals surface area (Å²) in [6.45, 7) is 5.20. The molecule has 5 heteroatoms. The number of nitrogens with zero attached hydrogens (tertiary/aromatic N) is 2. The van der Waals surface area contributed by atoms with Gasteiger partial charge in [0, 0.05) is 26.3 Å². The van der Waals surface area contributed by atoms with Crippen LogP contribution in [0, 0.1) is 5.41 Å². The molecular weight excluding hydrogens is 242 g/mol. The van der Waals surface area contributed by atoms with Gasteiger partial charge in [-0.25, -0.2) is 4.98 Å². The second-order valence-corrected chi connectivity index (χ2v) is 5.44. The molecule has 1 saturated heterocycles. The summed E-state index contributed by atoms with van der Waals surface area (Å²) in [6.07, 6.45) is 2.01. The number of aromatic nitrogens is 1. The maximum atomic E-state index is 11.9. The molecule has 2 N–H and O–H groups in total. The minimum Gasteiger partial charge on any atom is -0.389 e. The molecule has 0 saturated carbocycles. The lowest BCUT2D eigenvalue weighted by atomic mass is 9.89. The van der Waals surface area contributed by atoms with Crippen molar-refractivity contribution >= 4 is 11.7 Å². The van der Waals surface area contributed by atoms with Crippen molar-refractivity contribution in [2.24, 2.45) is 5.41 Å².